The number of nitrogens with one attached hydrogen (secondary N) is 2. The fourth-order valence-corrected chi connectivity index (χ4v) is 6.46. The summed E-state index contributed by atoms with van der Waals surface area (Å²) in [5, 5.41) is 14.4. The number of aromatic nitrogens is 5. The Kier molecular flexibility index (Phi) is 7.75. The van der Waals surface area contributed by atoms with Gasteiger partial charge < -0.3 is 15.0 Å². The van der Waals surface area contributed by atoms with Crippen LogP contribution in [0.4, 0.5) is 19.3 Å². The van der Waals surface area contributed by atoms with E-state index in [9.17, 15) is 18.4 Å². The summed E-state index contributed by atoms with van der Waals surface area (Å²) in [4.78, 5) is 31.6. The van der Waals surface area contributed by atoms with E-state index in [0.717, 1.165) is 6.07 Å². The molecule has 3 heterocycles. The number of nitrogens with zero attached hydrogens (tertiary/aromatic N) is 5. The number of halogens is 2. The van der Waals surface area contributed by atoms with Crippen molar-refractivity contribution in [3.8, 4) is 0 Å². The second kappa shape index (κ2) is 11.2. The smallest absolute Gasteiger partial charge is 0.408 e. The first kappa shape index (κ1) is 26.9. The Morgan fingerprint density at radius 3 is 2.69 bits per heavy atom. The van der Waals surface area contributed by atoms with Crippen LogP contribution < -0.4 is 15.8 Å². The lowest BCUT2D eigenvalue weighted by atomic mass is 9.82. The highest BCUT2D eigenvalue weighted by molar-refractivity contribution is 8.76. The molecule has 2 N–H and O–H groups in total. The molecule has 0 radical (unpaired) electrons. The average Bonchev–Trinajstić information content (AvgIpc) is 3.34. The van der Waals surface area contributed by atoms with Crippen molar-refractivity contribution >= 4 is 44.1 Å². The zero-order chi connectivity index (χ0) is 27.7. The molecule has 2 aromatic heterocycles. The number of rotatable bonds is 8. The highest BCUT2D eigenvalue weighted by Crippen LogP contribution is 2.49. The van der Waals surface area contributed by atoms with Crippen LogP contribution in [-0.2, 0) is 11.8 Å². The topological polar surface area (TPSA) is 118 Å². The van der Waals surface area contributed by atoms with E-state index in [1.807, 2.05) is 13.2 Å². The normalized spacial score (nSPS) is 17.3. The third kappa shape index (κ3) is 5.30. The van der Waals surface area contributed by atoms with Gasteiger partial charge in [0, 0.05) is 17.7 Å². The molecule has 14 heteroatoms. The van der Waals surface area contributed by atoms with E-state index < -0.39 is 35.2 Å². The molecular weight excluding hydrogens is 548 g/mol. The number of anilines is 1. The molecule has 204 valence electrons. The minimum absolute atomic E-state index is 0.0838. The Morgan fingerprint density at radius 2 is 2.00 bits per heavy atom. The minimum atomic E-state index is -0.654. The lowest BCUT2D eigenvalue weighted by molar-refractivity contribution is 0.147. The molecule has 0 saturated carbocycles. The van der Waals surface area contributed by atoms with Crippen LogP contribution in [0, 0.1) is 11.6 Å². The number of H-pyrrole nitrogens is 1. The van der Waals surface area contributed by atoms with E-state index >= 15 is 0 Å². The van der Waals surface area contributed by atoms with E-state index in [1.165, 1.54) is 24.5 Å². The Bertz CT molecular complexity index is 1560. The maximum absolute atomic E-state index is 14.9. The number of carbonyl (C=O) groups excluding carboxylic acids is 1. The SMILES string of the molecule is CSS[C@@H](C)COC(=O)NCN1c2cc(F)cc3c(=O)[nH]nc(c23)C(c2ncnn2C)[C@H]1c1ccc(F)cc1. The molecule has 0 fully saturated rings. The van der Waals surface area contributed by atoms with Crippen LogP contribution in [0.15, 0.2) is 47.5 Å². The van der Waals surface area contributed by atoms with Gasteiger partial charge in [-0.1, -0.05) is 33.7 Å². The van der Waals surface area contributed by atoms with E-state index in [2.05, 4.69) is 25.6 Å². The molecule has 5 rings (SSSR count). The molecule has 2 aromatic carbocycles. The quantitative estimate of drug-likeness (QED) is 0.300. The zero-order valence-electron chi connectivity index (χ0n) is 21.2. The van der Waals surface area contributed by atoms with Crippen molar-refractivity contribution in [2.45, 2.75) is 24.1 Å². The van der Waals surface area contributed by atoms with Crippen LogP contribution in [0.25, 0.3) is 10.8 Å². The van der Waals surface area contributed by atoms with Crippen LogP contribution in [0.2, 0.25) is 0 Å². The number of ether oxygens (including phenoxy) is 1. The van der Waals surface area contributed by atoms with E-state index in [4.69, 9.17) is 4.74 Å². The number of aromatic amines is 1. The number of alkyl carbamates (subject to hydrolysis) is 1. The Labute approximate surface area is 229 Å². The van der Waals surface area contributed by atoms with E-state index in [0.29, 0.717) is 28.2 Å². The predicted octanol–water partition coefficient (Wildman–Crippen LogP) is 4.11. The van der Waals surface area contributed by atoms with Crippen LogP contribution in [-0.4, -0.2) is 55.8 Å². The maximum Gasteiger partial charge on any atom is 0.408 e. The Hall–Kier alpha value is -3.65. The van der Waals surface area contributed by atoms with Gasteiger partial charge in [0.25, 0.3) is 5.56 Å². The lowest BCUT2D eigenvalue weighted by Gasteiger charge is -2.42. The summed E-state index contributed by atoms with van der Waals surface area (Å²) in [6.45, 7) is 2.04. The molecule has 0 spiro atoms. The van der Waals surface area contributed by atoms with Gasteiger partial charge in [0.1, 0.15) is 30.4 Å². The molecule has 1 unspecified atom stereocenters. The fraction of sp³-hybridized carbons (Fsp3) is 0.320. The monoisotopic (exact) mass is 573 g/mol. The van der Waals surface area contributed by atoms with Crippen molar-refractivity contribution in [3.05, 3.63) is 81.8 Å². The van der Waals surface area contributed by atoms with Crippen LogP contribution in [0.3, 0.4) is 0 Å². The highest BCUT2D eigenvalue weighted by atomic mass is 33.1. The maximum atomic E-state index is 14.9. The molecule has 1 amide bonds. The number of benzene rings is 2. The Morgan fingerprint density at radius 1 is 1.23 bits per heavy atom. The summed E-state index contributed by atoms with van der Waals surface area (Å²) >= 11 is 0. The first-order valence-corrected chi connectivity index (χ1v) is 14.6. The standard InChI is InChI=1S/C25H25F2N7O3S2/c1-13(39-38-3)10-37-25(36)29-12-34-18-9-16(27)8-17-19(18)21(31-32-24(17)35)20(23-28-11-30-33(23)2)22(34)14-4-6-15(26)7-5-14/h4-9,11,13,20,22H,10,12H2,1-3H3,(H,29,36)(H,32,35)/t13-,20?,22+/m0/s1. The molecular formula is C25H25F2N7O3S2. The third-order valence-corrected chi connectivity index (χ3v) is 8.68. The molecule has 1 aliphatic heterocycles. The van der Waals surface area contributed by atoms with Crippen molar-refractivity contribution in [2.24, 2.45) is 7.05 Å². The third-order valence-electron chi connectivity index (χ3n) is 6.46. The van der Waals surface area contributed by atoms with Gasteiger partial charge in [-0.25, -0.2) is 23.7 Å². The van der Waals surface area contributed by atoms with Crippen molar-refractivity contribution < 1.29 is 18.3 Å². The molecule has 39 heavy (non-hydrogen) atoms. The Balaban J connectivity index is 1.64. The van der Waals surface area contributed by atoms with Gasteiger partial charge in [0.15, 0.2) is 0 Å². The summed E-state index contributed by atoms with van der Waals surface area (Å²) in [5.74, 6) is -1.18. The van der Waals surface area contributed by atoms with Crippen LogP contribution in [0.1, 0.15) is 36.0 Å². The number of carbonyl (C=O) groups is 1. The highest BCUT2D eigenvalue weighted by Gasteiger charge is 2.42. The summed E-state index contributed by atoms with van der Waals surface area (Å²) in [6.07, 6.45) is 2.69. The van der Waals surface area contributed by atoms with Crippen molar-refractivity contribution in [3.63, 3.8) is 0 Å². The van der Waals surface area contributed by atoms with Crippen molar-refractivity contribution in [2.75, 3.05) is 24.4 Å². The largest absolute Gasteiger partial charge is 0.448 e. The minimum Gasteiger partial charge on any atom is -0.448 e. The number of amides is 1. The summed E-state index contributed by atoms with van der Waals surface area (Å²) in [7, 11) is 4.88. The van der Waals surface area contributed by atoms with E-state index in [-0.39, 0.29) is 23.9 Å². The summed E-state index contributed by atoms with van der Waals surface area (Å²) in [5.41, 5.74) is 0.893. The van der Waals surface area contributed by atoms with Gasteiger partial charge in [-0.05, 0) is 43.0 Å². The first-order valence-electron chi connectivity index (χ1n) is 12.0. The van der Waals surface area contributed by atoms with E-state index in [1.54, 1.807) is 50.3 Å². The second-order valence-electron chi connectivity index (χ2n) is 8.98. The first-order chi connectivity index (χ1) is 18.8. The van der Waals surface area contributed by atoms with Gasteiger partial charge in [-0.2, -0.15) is 10.2 Å². The molecule has 4 aromatic rings. The number of hydrogen-bond donors (Lipinski definition) is 2. The second-order valence-corrected chi connectivity index (χ2v) is 11.9. The van der Waals surface area contributed by atoms with Crippen LogP contribution in [0.5, 0.6) is 0 Å². The molecule has 3 atom stereocenters. The lowest BCUT2D eigenvalue weighted by Crippen LogP contribution is -2.45. The molecule has 0 bridgehead atoms. The molecule has 1 aliphatic rings. The molecule has 0 aliphatic carbocycles. The summed E-state index contributed by atoms with van der Waals surface area (Å²) in [6, 6.07) is 7.68. The van der Waals surface area contributed by atoms with Gasteiger partial charge >= 0.3 is 6.09 Å². The predicted molar refractivity (Wildman–Crippen MR) is 147 cm³/mol. The van der Waals surface area contributed by atoms with Gasteiger partial charge in [-0.3, -0.25) is 9.48 Å². The molecule has 0 saturated heterocycles. The average molecular weight is 574 g/mol. The van der Waals surface area contributed by atoms with Crippen LogP contribution >= 0.6 is 21.6 Å². The van der Waals surface area contributed by atoms with Gasteiger partial charge in [0.2, 0.25) is 0 Å². The molecule has 10 nitrogen and oxygen atoms in total. The number of aryl methyl sites for hydroxylation is 1. The fourth-order valence-electron chi connectivity index (χ4n) is 4.85. The van der Waals surface area contributed by atoms with Gasteiger partial charge in [-0.15, -0.1) is 0 Å². The van der Waals surface area contributed by atoms with Gasteiger partial charge in [0.05, 0.1) is 35.4 Å². The summed E-state index contributed by atoms with van der Waals surface area (Å²) < 4.78 is 35.8. The number of hydrogen-bond acceptors (Lipinski definition) is 9. The zero-order valence-corrected chi connectivity index (χ0v) is 22.9. The van der Waals surface area contributed by atoms with Crippen molar-refractivity contribution in [1.29, 1.82) is 0 Å². The van der Waals surface area contributed by atoms with Crippen molar-refractivity contribution in [1.82, 2.24) is 30.3 Å².